The summed E-state index contributed by atoms with van der Waals surface area (Å²) >= 11 is 5.92. The van der Waals surface area contributed by atoms with E-state index in [0.29, 0.717) is 42.7 Å². The second kappa shape index (κ2) is 8.97. The summed E-state index contributed by atoms with van der Waals surface area (Å²) in [6, 6.07) is 8.88. The number of carbonyl (C=O) groups is 2. The Labute approximate surface area is 175 Å². The van der Waals surface area contributed by atoms with E-state index in [-0.39, 0.29) is 11.8 Å². The van der Waals surface area contributed by atoms with Gasteiger partial charge in [0.15, 0.2) is 11.5 Å². The number of amides is 2. The molecule has 2 aromatic rings. The fourth-order valence-corrected chi connectivity index (χ4v) is 4.00. The molecule has 2 saturated heterocycles. The lowest BCUT2D eigenvalue weighted by molar-refractivity contribution is -0.131. The van der Waals surface area contributed by atoms with Gasteiger partial charge in [-0.25, -0.2) is 0 Å². The molecule has 2 amide bonds. The number of likely N-dealkylation sites (tertiary alicyclic amines) is 1. The number of aromatic nitrogens is 1. The highest BCUT2D eigenvalue weighted by atomic mass is 35.5. The van der Waals surface area contributed by atoms with Gasteiger partial charge in [0.1, 0.15) is 0 Å². The van der Waals surface area contributed by atoms with Gasteiger partial charge in [-0.05, 0) is 43.5 Å². The Balaban J connectivity index is 1.35. The van der Waals surface area contributed by atoms with E-state index >= 15 is 0 Å². The van der Waals surface area contributed by atoms with Gasteiger partial charge in [-0.2, -0.15) is 0 Å². The van der Waals surface area contributed by atoms with Crippen LogP contribution in [0.15, 0.2) is 34.9 Å². The lowest BCUT2D eigenvalue weighted by atomic mass is 10.1. The zero-order valence-electron chi connectivity index (χ0n) is 16.3. The summed E-state index contributed by atoms with van der Waals surface area (Å²) in [6.45, 7) is 4.92. The van der Waals surface area contributed by atoms with Gasteiger partial charge in [-0.3, -0.25) is 14.5 Å². The molecule has 4 rings (SSSR count). The summed E-state index contributed by atoms with van der Waals surface area (Å²) in [5.74, 6) is 0.603. The van der Waals surface area contributed by atoms with Crippen LogP contribution in [0.4, 0.5) is 0 Å². The molecule has 29 heavy (non-hydrogen) atoms. The predicted octanol–water partition coefficient (Wildman–Crippen LogP) is 2.77. The van der Waals surface area contributed by atoms with Crippen molar-refractivity contribution in [2.45, 2.75) is 19.3 Å². The average Bonchev–Trinajstić information content (AvgIpc) is 3.38. The maximum atomic E-state index is 12.9. The number of carbonyl (C=O) groups excluding carboxylic acids is 2. The Hall–Kier alpha value is -2.38. The van der Waals surface area contributed by atoms with Crippen LogP contribution in [0.3, 0.4) is 0 Å². The summed E-state index contributed by atoms with van der Waals surface area (Å²) in [6.07, 6.45) is 3.04. The van der Waals surface area contributed by atoms with E-state index in [2.05, 4.69) is 10.1 Å². The van der Waals surface area contributed by atoms with Crippen LogP contribution in [0.2, 0.25) is 5.02 Å². The highest BCUT2D eigenvalue weighted by Crippen LogP contribution is 2.23. The van der Waals surface area contributed by atoms with Crippen LogP contribution in [0.5, 0.6) is 0 Å². The molecule has 0 aliphatic carbocycles. The molecule has 0 radical (unpaired) electrons. The molecule has 7 nitrogen and oxygen atoms in total. The van der Waals surface area contributed by atoms with Gasteiger partial charge in [0.2, 0.25) is 5.91 Å². The molecule has 2 aliphatic rings. The normalized spacial score (nSPS) is 18.1. The number of benzene rings is 1. The van der Waals surface area contributed by atoms with Gasteiger partial charge in [-0.1, -0.05) is 16.8 Å². The van der Waals surface area contributed by atoms with Crippen LogP contribution < -0.4 is 0 Å². The van der Waals surface area contributed by atoms with Gasteiger partial charge in [0, 0.05) is 55.9 Å². The monoisotopic (exact) mass is 416 g/mol. The first kappa shape index (κ1) is 19.9. The fourth-order valence-electron chi connectivity index (χ4n) is 3.88. The van der Waals surface area contributed by atoms with Crippen molar-refractivity contribution in [3.63, 3.8) is 0 Å². The molecule has 0 bridgehead atoms. The molecule has 1 aromatic heterocycles. The Kier molecular flexibility index (Phi) is 6.16. The summed E-state index contributed by atoms with van der Waals surface area (Å²) in [5, 5.41) is 4.61. The zero-order chi connectivity index (χ0) is 20.2. The van der Waals surface area contributed by atoms with Crippen LogP contribution in [-0.2, 0) is 4.79 Å². The third-order valence-corrected chi connectivity index (χ3v) is 5.80. The fraction of sp³-hybridized carbons (Fsp3) is 0.476. The van der Waals surface area contributed by atoms with Crippen LogP contribution >= 0.6 is 11.6 Å². The van der Waals surface area contributed by atoms with Gasteiger partial charge in [0.25, 0.3) is 5.91 Å². The van der Waals surface area contributed by atoms with Gasteiger partial charge < -0.3 is 14.3 Å². The molecule has 0 spiro atoms. The molecule has 2 fully saturated rings. The second-order valence-corrected chi connectivity index (χ2v) is 8.03. The van der Waals surface area contributed by atoms with Crippen molar-refractivity contribution in [1.29, 1.82) is 0 Å². The first-order chi connectivity index (χ1) is 14.1. The number of hydrogen-bond acceptors (Lipinski definition) is 5. The topological polar surface area (TPSA) is 69.9 Å². The molecular formula is C21H25ClN4O3. The molecule has 1 aromatic carbocycles. The average molecular weight is 417 g/mol. The summed E-state index contributed by atoms with van der Waals surface area (Å²) < 4.78 is 5.36. The van der Waals surface area contributed by atoms with E-state index in [9.17, 15) is 9.59 Å². The second-order valence-electron chi connectivity index (χ2n) is 7.59. The molecule has 0 saturated carbocycles. The van der Waals surface area contributed by atoms with Crippen molar-refractivity contribution in [3.05, 3.63) is 41.0 Å². The number of hydrogen-bond donors (Lipinski definition) is 0. The third-order valence-electron chi connectivity index (χ3n) is 5.55. The molecule has 0 atom stereocenters. The number of nitrogens with zero attached hydrogens (tertiary/aromatic N) is 4. The summed E-state index contributed by atoms with van der Waals surface area (Å²) in [4.78, 5) is 31.2. The molecule has 154 valence electrons. The Morgan fingerprint density at radius 3 is 2.41 bits per heavy atom. The van der Waals surface area contributed by atoms with Crippen LogP contribution in [0, 0.1) is 0 Å². The third kappa shape index (κ3) is 4.79. The first-order valence-electron chi connectivity index (χ1n) is 10.1. The van der Waals surface area contributed by atoms with Crippen molar-refractivity contribution in [1.82, 2.24) is 19.9 Å². The van der Waals surface area contributed by atoms with E-state index < -0.39 is 0 Å². The van der Waals surface area contributed by atoms with E-state index in [4.69, 9.17) is 16.1 Å². The van der Waals surface area contributed by atoms with Crippen molar-refractivity contribution in [3.8, 4) is 11.3 Å². The summed E-state index contributed by atoms with van der Waals surface area (Å²) in [7, 11) is 0. The Morgan fingerprint density at radius 2 is 1.66 bits per heavy atom. The van der Waals surface area contributed by atoms with Crippen molar-refractivity contribution < 1.29 is 14.1 Å². The molecule has 0 N–H and O–H groups in total. The van der Waals surface area contributed by atoms with E-state index in [0.717, 1.165) is 44.5 Å². The van der Waals surface area contributed by atoms with Crippen molar-refractivity contribution in [2.24, 2.45) is 0 Å². The zero-order valence-corrected chi connectivity index (χ0v) is 17.1. The minimum atomic E-state index is -0.137. The molecule has 3 heterocycles. The Bertz CT molecular complexity index is 861. The highest BCUT2D eigenvalue weighted by Gasteiger charge is 2.25. The maximum absolute atomic E-state index is 12.9. The van der Waals surface area contributed by atoms with Crippen LogP contribution in [-0.4, -0.2) is 77.5 Å². The quantitative estimate of drug-likeness (QED) is 0.766. The van der Waals surface area contributed by atoms with E-state index in [1.807, 2.05) is 17.0 Å². The van der Waals surface area contributed by atoms with E-state index in [1.165, 1.54) is 0 Å². The van der Waals surface area contributed by atoms with E-state index in [1.54, 1.807) is 23.1 Å². The van der Waals surface area contributed by atoms with Crippen molar-refractivity contribution >= 4 is 23.4 Å². The SMILES string of the molecule is O=C(CN1CCCN(C(=O)c2cc(-c3ccc(Cl)cc3)on2)CC1)N1CCCC1. The lowest BCUT2D eigenvalue weighted by Gasteiger charge is -2.23. The smallest absolute Gasteiger partial charge is 0.276 e. The lowest BCUT2D eigenvalue weighted by Crippen LogP contribution is -2.41. The number of halogens is 1. The van der Waals surface area contributed by atoms with Gasteiger partial charge in [0.05, 0.1) is 6.54 Å². The molecule has 2 aliphatic heterocycles. The molecular weight excluding hydrogens is 392 g/mol. The Morgan fingerprint density at radius 1 is 0.931 bits per heavy atom. The predicted molar refractivity (Wildman–Crippen MR) is 110 cm³/mol. The molecule has 0 unspecified atom stereocenters. The highest BCUT2D eigenvalue weighted by molar-refractivity contribution is 6.30. The summed E-state index contributed by atoms with van der Waals surface area (Å²) in [5.41, 5.74) is 1.12. The minimum absolute atomic E-state index is 0.137. The van der Waals surface area contributed by atoms with Gasteiger partial charge in [-0.15, -0.1) is 0 Å². The van der Waals surface area contributed by atoms with Crippen LogP contribution in [0.1, 0.15) is 29.8 Å². The largest absolute Gasteiger partial charge is 0.355 e. The minimum Gasteiger partial charge on any atom is -0.355 e. The van der Waals surface area contributed by atoms with Crippen LogP contribution in [0.25, 0.3) is 11.3 Å². The first-order valence-corrected chi connectivity index (χ1v) is 10.5. The number of rotatable bonds is 4. The maximum Gasteiger partial charge on any atom is 0.276 e. The van der Waals surface area contributed by atoms with Gasteiger partial charge >= 0.3 is 0 Å². The molecule has 8 heteroatoms. The van der Waals surface area contributed by atoms with Crippen molar-refractivity contribution in [2.75, 3.05) is 45.8 Å². The standard InChI is InChI=1S/C21H25ClN4O3/c22-17-6-4-16(5-7-17)19-14-18(23-29-19)21(28)26-11-3-8-24(12-13-26)15-20(27)25-9-1-2-10-25/h4-7,14H,1-3,8-13,15H2.